The Morgan fingerprint density at radius 3 is 2.00 bits per heavy atom. The molecule has 0 atom stereocenters. The highest BCUT2D eigenvalue weighted by molar-refractivity contribution is 8.00. The van der Waals surface area contributed by atoms with Gasteiger partial charge < -0.3 is 26.0 Å². The summed E-state index contributed by atoms with van der Waals surface area (Å²) < 4.78 is 6.70. The molecule has 2 heterocycles. The van der Waals surface area contributed by atoms with Crippen molar-refractivity contribution in [2.45, 2.75) is 39.7 Å². The second-order valence-electron chi connectivity index (χ2n) is 10.6. The van der Waals surface area contributed by atoms with E-state index in [4.69, 9.17) is 10.5 Å². The summed E-state index contributed by atoms with van der Waals surface area (Å²) in [6.45, 7) is 11.5. The largest absolute Gasteiger partial charge is 0.456 e. The lowest BCUT2D eigenvalue weighted by molar-refractivity contribution is 0.0682. The van der Waals surface area contributed by atoms with Crippen molar-refractivity contribution in [3.05, 3.63) is 81.9 Å². The van der Waals surface area contributed by atoms with Gasteiger partial charge in [-0.3, -0.25) is 4.79 Å². The molecule has 3 aromatic carbocycles. The fourth-order valence-electron chi connectivity index (χ4n) is 6.12. The standard InChI is InChI=1S/C33H42N4O2S2/c1-5-35-28-20-30-26(18-22(28)3)33(27-19-23(4)29(36-6-2)21-31(27)39-30)25-11-8-7-10-24(25)32(38)37(33)13-17-41-15-9-14-40-16-12-34/h7-8,10-11,18-21,35-36H,5-6,9,12-17,34H2,1-4H3. The van der Waals surface area contributed by atoms with E-state index in [2.05, 4.69) is 79.6 Å². The smallest absolute Gasteiger partial charge is 0.255 e. The molecule has 0 saturated carbocycles. The Balaban J connectivity index is 1.63. The van der Waals surface area contributed by atoms with Crippen LogP contribution in [0.15, 0.2) is 48.5 Å². The zero-order chi connectivity index (χ0) is 29.0. The van der Waals surface area contributed by atoms with E-state index in [0.717, 1.165) is 105 Å². The molecule has 3 aromatic rings. The lowest BCUT2D eigenvalue weighted by Gasteiger charge is -2.45. The fourth-order valence-corrected chi connectivity index (χ4v) is 7.89. The molecule has 0 fully saturated rings. The van der Waals surface area contributed by atoms with Crippen molar-refractivity contribution in [1.29, 1.82) is 0 Å². The van der Waals surface area contributed by atoms with Crippen molar-refractivity contribution < 1.29 is 9.53 Å². The van der Waals surface area contributed by atoms with Crippen LogP contribution in [0, 0.1) is 13.8 Å². The molecule has 1 spiro atoms. The second-order valence-corrected chi connectivity index (χ2v) is 13.0. The number of fused-ring (bicyclic) bond motifs is 6. The number of aryl methyl sites for hydroxylation is 2. The summed E-state index contributed by atoms with van der Waals surface area (Å²) in [6.07, 6.45) is 1.15. The molecule has 6 nitrogen and oxygen atoms in total. The number of anilines is 2. The topological polar surface area (TPSA) is 79.6 Å². The van der Waals surface area contributed by atoms with Crippen molar-refractivity contribution in [2.75, 3.05) is 59.8 Å². The van der Waals surface area contributed by atoms with Crippen LogP contribution in [0.1, 0.15) is 58.4 Å². The van der Waals surface area contributed by atoms with E-state index in [1.54, 1.807) is 0 Å². The number of amides is 1. The van der Waals surface area contributed by atoms with Crippen LogP contribution in [0.2, 0.25) is 0 Å². The van der Waals surface area contributed by atoms with E-state index in [0.29, 0.717) is 6.54 Å². The number of ether oxygens (including phenoxy) is 1. The minimum atomic E-state index is -0.765. The number of hydrogen-bond acceptors (Lipinski definition) is 7. The lowest BCUT2D eigenvalue weighted by atomic mass is 9.73. The number of rotatable bonds is 13. The monoisotopic (exact) mass is 590 g/mol. The SMILES string of the molecule is CCNc1cc2c(cc1C)C1(c3cc(C)c(NCC)cc3O2)c2ccccc2C(=O)N1CCSCCCSCCN. The predicted molar refractivity (Wildman–Crippen MR) is 176 cm³/mol. The average molecular weight is 591 g/mol. The van der Waals surface area contributed by atoms with E-state index < -0.39 is 5.54 Å². The number of thioether (sulfide) groups is 2. The third-order valence-electron chi connectivity index (χ3n) is 7.88. The zero-order valence-corrected chi connectivity index (χ0v) is 26.3. The maximum Gasteiger partial charge on any atom is 0.255 e. The van der Waals surface area contributed by atoms with E-state index in [1.807, 2.05) is 35.7 Å². The summed E-state index contributed by atoms with van der Waals surface area (Å²) in [7, 11) is 0. The lowest BCUT2D eigenvalue weighted by Crippen LogP contribution is -2.48. The minimum absolute atomic E-state index is 0.0836. The molecule has 0 bridgehead atoms. The molecule has 2 aliphatic heterocycles. The van der Waals surface area contributed by atoms with Gasteiger partial charge in [-0.1, -0.05) is 18.2 Å². The van der Waals surface area contributed by atoms with Crippen molar-refractivity contribution in [3.63, 3.8) is 0 Å². The number of carbonyl (C=O) groups is 1. The number of nitrogens with one attached hydrogen (secondary N) is 2. The molecular weight excluding hydrogens is 549 g/mol. The summed E-state index contributed by atoms with van der Waals surface area (Å²) in [5, 5.41) is 6.98. The van der Waals surface area contributed by atoms with Crippen molar-refractivity contribution in [1.82, 2.24) is 4.90 Å². The van der Waals surface area contributed by atoms with Gasteiger partial charge in [0.2, 0.25) is 0 Å². The highest BCUT2D eigenvalue weighted by atomic mass is 32.2. The number of nitrogens with two attached hydrogens (primary N) is 1. The van der Waals surface area contributed by atoms with Gasteiger partial charge in [0, 0.05) is 77.9 Å². The molecule has 218 valence electrons. The molecule has 0 unspecified atom stereocenters. The van der Waals surface area contributed by atoms with Crippen molar-refractivity contribution in [3.8, 4) is 11.5 Å². The van der Waals surface area contributed by atoms with Gasteiger partial charge in [0.25, 0.3) is 5.91 Å². The van der Waals surface area contributed by atoms with Gasteiger partial charge in [-0.15, -0.1) is 0 Å². The normalized spacial score (nSPS) is 14.5. The van der Waals surface area contributed by atoms with Crippen molar-refractivity contribution >= 4 is 40.8 Å². The van der Waals surface area contributed by atoms with Gasteiger partial charge in [-0.25, -0.2) is 0 Å². The highest BCUT2D eigenvalue weighted by Crippen LogP contribution is 2.58. The third-order valence-corrected chi connectivity index (χ3v) is 10.0. The maximum absolute atomic E-state index is 14.3. The second kappa shape index (κ2) is 13.0. The molecular formula is C33H42N4O2S2. The summed E-state index contributed by atoms with van der Waals surface area (Å²) >= 11 is 3.84. The molecule has 41 heavy (non-hydrogen) atoms. The molecule has 5 rings (SSSR count). The first-order chi connectivity index (χ1) is 20.0. The maximum atomic E-state index is 14.3. The van der Waals surface area contributed by atoms with E-state index in [1.165, 1.54) is 0 Å². The van der Waals surface area contributed by atoms with Crippen LogP contribution in [0.25, 0.3) is 0 Å². The van der Waals surface area contributed by atoms with Gasteiger partial charge in [-0.05, 0) is 80.5 Å². The molecule has 1 amide bonds. The number of carbonyl (C=O) groups excluding carboxylic acids is 1. The molecule has 0 radical (unpaired) electrons. The number of benzene rings is 3. The summed E-state index contributed by atoms with van der Waals surface area (Å²) in [5.74, 6) is 5.76. The van der Waals surface area contributed by atoms with Crippen LogP contribution in [0.3, 0.4) is 0 Å². The number of nitrogens with zero attached hydrogens (tertiary/aromatic N) is 1. The molecule has 0 aliphatic carbocycles. The Labute approximate surface area is 253 Å². The van der Waals surface area contributed by atoms with Gasteiger partial charge in [0.05, 0.1) is 0 Å². The highest BCUT2D eigenvalue weighted by Gasteiger charge is 2.56. The fraction of sp³-hybridized carbons (Fsp3) is 0.424. The van der Waals surface area contributed by atoms with Gasteiger partial charge >= 0.3 is 0 Å². The van der Waals surface area contributed by atoms with Crippen LogP contribution in [0.5, 0.6) is 11.5 Å². The van der Waals surface area contributed by atoms with Crippen LogP contribution < -0.4 is 21.1 Å². The van der Waals surface area contributed by atoms with Crippen LogP contribution >= 0.6 is 23.5 Å². The summed E-state index contributed by atoms with van der Waals surface area (Å²) in [5.41, 5.74) is 13.1. The molecule has 8 heteroatoms. The molecule has 4 N–H and O–H groups in total. The van der Waals surface area contributed by atoms with E-state index in [-0.39, 0.29) is 5.91 Å². The summed E-state index contributed by atoms with van der Waals surface area (Å²) in [4.78, 5) is 16.4. The summed E-state index contributed by atoms with van der Waals surface area (Å²) in [6, 6.07) is 16.8. The first kappa shape index (κ1) is 29.7. The Hall–Kier alpha value is -2.81. The predicted octanol–water partition coefficient (Wildman–Crippen LogP) is 6.84. The molecule has 2 aliphatic rings. The minimum Gasteiger partial charge on any atom is -0.456 e. The Kier molecular flexibility index (Phi) is 9.42. The van der Waals surface area contributed by atoms with Crippen LogP contribution in [0.4, 0.5) is 11.4 Å². The molecule has 0 saturated heterocycles. The Morgan fingerprint density at radius 2 is 1.41 bits per heavy atom. The van der Waals surface area contributed by atoms with E-state index >= 15 is 0 Å². The average Bonchev–Trinajstić information content (AvgIpc) is 3.21. The van der Waals surface area contributed by atoms with Gasteiger partial charge in [-0.2, -0.15) is 23.5 Å². The first-order valence-electron chi connectivity index (χ1n) is 14.7. The van der Waals surface area contributed by atoms with Gasteiger partial charge in [0.15, 0.2) is 0 Å². The van der Waals surface area contributed by atoms with Crippen molar-refractivity contribution in [2.24, 2.45) is 5.73 Å². The first-order valence-corrected chi connectivity index (χ1v) is 17.0. The zero-order valence-electron chi connectivity index (χ0n) is 24.6. The van der Waals surface area contributed by atoms with Crippen LogP contribution in [-0.2, 0) is 5.54 Å². The number of hydrogen-bond donors (Lipinski definition) is 3. The third kappa shape index (κ3) is 5.42. The van der Waals surface area contributed by atoms with Gasteiger partial charge in [0.1, 0.15) is 17.0 Å². The van der Waals surface area contributed by atoms with Crippen LogP contribution in [-0.4, -0.2) is 60.0 Å². The quantitative estimate of drug-likeness (QED) is 0.188. The Bertz CT molecular complexity index is 1350. The van der Waals surface area contributed by atoms with E-state index in [9.17, 15) is 4.79 Å². The Morgan fingerprint density at radius 1 is 0.829 bits per heavy atom. The molecule has 0 aromatic heterocycles.